The van der Waals surface area contributed by atoms with Crippen molar-refractivity contribution in [3.8, 4) is 0 Å². The van der Waals surface area contributed by atoms with E-state index >= 15 is 0 Å². The van der Waals surface area contributed by atoms with Crippen LogP contribution in [0.1, 0.15) is 62.5 Å². The van der Waals surface area contributed by atoms with Gasteiger partial charge in [0, 0.05) is 29.1 Å². The van der Waals surface area contributed by atoms with Crippen LogP contribution in [0.25, 0.3) is 0 Å². The van der Waals surface area contributed by atoms with Crippen molar-refractivity contribution in [1.82, 2.24) is 10.2 Å². The molecule has 5 rings (SSSR count). The number of rotatable bonds is 2. The van der Waals surface area contributed by atoms with Gasteiger partial charge in [-0.05, 0) is 67.7 Å². The van der Waals surface area contributed by atoms with E-state index in [9.17, 15) is 4.79 Å². The molecule has 1 aromatic carbocycles. The number of likely N-dealkylation sites (tertiary alicyclic amines) is 1. The largest absolute Gasteiger partial charge is 0.334 e. The molecule has 1 heterocycles. The Morgan fingerprint density at radius 3 is 2.80 bits per heavy atom. The average molecular weight is 359 g/mol. The van der Waals surface area contributed by atoms with Crippen LogP contribution in [0.5, 0.6) is 0 Å². The third-order valence-electron chi connectivity index (χ3n) is 7.57. The minimum Gasteiger partial charge on any atom is -0.334 e. The molecular weight excluding hydrogens is 332 g/mol. The predicted molar refractivity (Wildman–Crippen MR) is 100 cm³/mol. The Hall–Kier alpha value is -1.22. The number of hydrogen-bond donors (Lipinski definition) is 1. The van der Waals surface area contributed by atoms with Gasteiger partial charge in [0.1, 0.15) is 0 Å². The van der Waals surface area contributed by atoms with E-state index in [2.05, 4.69) is 29.3 Å². The van der Waals surface area contributed by atoms with Crippen LogP contribution in [0.3, 0.4) is 0 Å². The summed E-state index contributed by atoms with van der Waals surface area (Å²) in [5.41, 5.74) is 2.88. The van der Waals surface area contributed by atoms with E-state index in [0.717, 1.165) is 18.0 Å². The fraction of sp³-hybridized carbons (Fsp3) is 0.667. The third kappa shape index (κ3) is 2.42. The van der Waals surface area contributed by atoms with Crippen LogP contribution in [-0.4, -0.2) is 29.1 Å². The Bertz CT molecular complexity index is 714. The Labute approximate surface area is 155 Å². The summed E-state index contributed by atoms with van der Waals surface area (Å²) in [5.74, 6) is 1.79. The molecule has 4 aliphatic rings. The highest BCUT2D eigenvalue weighted by Gasteiger charge is 2.58. The zero-order valence-corrected chi connectivity index (χ0v) is 15.7. The van der Waals surface area contributed by atoms with E-state index in [0.29, 0.717) is 23.8 Å². The van der Waals surface area contributed by atoms with E-state index in [1.54, 1.807) is 0 Å². The highest BCUT2D eigenvalue weighted by atomic mass is 35.5. The first-order valence-corrected chi connectivity index (χ1v) is 10.3. The van der Waals surface area contributed by atoms with Crippen molar-refractivity contribution < 1.29 is 4.79 Å². The summed E-state index contributed by atoms with van der Waals surface area (Å²) < 4.78 is 0. The van der Waals surface area contributed by atoms with Gasteiger partial charge in [0.05, 0.1) is 0 Å². The molecule has 0 aromatic heterocycles. The zero-order valence-electron chi connectivity index (χ0n) is 14.9. The maximum Gasteiger partial charge on any atom is 0.318 e. The molecule has 2 amide bonds. The van der Waals surface area contributed by atoms with Gasteiger partial charge in [0.2, 0.25) is 0 Å². The molecular formula is C21H27ClN2O. The summed E-state index contributed by atoms with van der Waals surface area (Å²) in [5, 5.41) is 4.19. The number of carbonyl (C=O) groups is 1. The number of benzene rings is 1. The normalized spacial score (nSPS) is 36.4. The molecule has 25 heavy (non-hydrogen) atoms. The smallest absolute Gasteiger partial charge is 0.318 e. The van der Waals surface area contributed by atoms with Gasteiger partial charge in [-0.15, -0.1) is 0 Å². The van der Waals surface area contributed by atoms with E-state index in [-0.39, 0.29) is 11.6 Å². The molecule has 134 valence electrons. The lowest BCUT2D eigenvalue weighted by Crippen LogP contribution is -2.66. The summed E-state index contributed by atoms with van der Waals surface area (Å²) in [6, 6.07) is 6.74. The van der Waals surface area contributed by atoms with E-state index in [1.165, 1.54) is 49.7 Å². The molecule has 4 heteroatoms. The number of hydrogen-bond acceptors (Lipinski definition) is 1. The summed E-state index contributed by atoms with van der Waals surface area (Å²) in [7, 11) is 0. The first-order valence-electron chi connectivity index (χ1n) is 9.94. The summed E-state index contributed by atoms with van der Waals surface area (Å²) in [6.07, 6.45) is 8.86. The minimum atomic E-state index is 0.0972. The Morgan fingerprint density at radius 2 is 2.08 bits per heavy atom. The van der Waals surface area contributed by atoms with Gasteiger partial charge in [-0.2, -0.15) is 0 Å². The standard InChI is InChI=1S/C21H27ClN2O/c1-21(14-5-3-2-4-6-14)9-10-24(21)20(25)23-19-17-12-13-11-15(22)7-8-16(13)18(17)19/h7-8,11,14,17-19H,2-6,9-10,12H2,1H3,(H,23,25). The maximum atomic E-state index is 12.9. The highest BCUT2D eigenvalue weighted by Crippen LogP contribution is 2.57. The number of nitrogens with one attached hydrogen (secondary N) is 1. The fourth-order valence-electron chi connectivity index (χ4n) is 5.86. The molecule has 1 aromatic rings. The van der Waals surface area contributed by atoms with Crippen LogP contribution in [0.15, 0.2) is 18.2 Å². The SMILES string of the molecule is CC1(C2CCCCC2)CCN1C(=O)NC1C2Cc3cc(Cl)ccc3C21. The van der Waals surface area contributed by atoms with E-state index < -0.39 is 0 Å². The number of halogens is 1. The predicted octanol–water partition coefficient (Wildman–Crippen LogP) is 4.73. The molecule has 0 spiro atoms. The van der Waals surface area contributed by atoms with Gasteiger partial charge in [0.15, 0.2) is 0 Å². The monoisotopic (exact) mass is 358 g/mol. The molecule has 3 fully saturated rings. The lowest BCUT2D eigenvalue weighted by atomic mass is 9.69. The van der Waals surface area contributed by atoms with Crippen LogP contribution in [0.4, 0.5) is 4.79 Å². The van der Waals surface area contributed by atoms with Gasteiger partial charge in [-0.25, -0.2) is 4.79 Å². The summed E-state index contributed by atoms with van der Waals surface area (Å²) in [6.45, 7) is 3.24. The second-order valence-electron chi connectivity index (χ2n) is 8.81. The number of fused-ring (bicyclic) bond motifs is 3. The molecule has 3 aliphatic carbocycles. The molecule has 4 unspecified atom stereocenters. The topological polar surface area (TPSA) is 32.3 Å². The molecule has 1 N–H and O–H groups in total. The van der Waals surface area contributed by atoms with E-state index in [4.69, 9.17) is 11.6 Å². The van der Waals surface area contributed by atoms with Crippen molar-refractivity contribution in [3.63, 3.8) is 0 Å². The number of nitrogens with zero attached hydrogens (tertiary/aromatic N) is 1. The molecule has 1 aliphatic heterocycles. The zero-order chi connectivity index (χ0) is 17.2. The van der Waals surface area contributed by atoms with Crippen molar-refractivity contribution in [2.24, 2.45) is 11.8 Å². The number of amides is 2. The van der Waals surface area contributed by atoms with Gasteiger partial charge >= 0.3 is 6.03 Å². The van der Waals surface area contributed by atoms with Gasteiger partial charge in [-0.1, -0.05) is 36.9 Å². The van der Waals surface area contributed by atoms with Crippen LogP contribution in [0.2, 0.25) is 5.02 Å². The van der Waals surface area contributed by atoms with Crippen LogP contribution >= 0.6 is 11.6 Å². The number of carbonyl (C=O) groups excluding carboxylic acids is 1. The van der Waals surface area contributed by atoms with Gasteiger partial charge in [-0.3, -0.25) is 0 Å². The van der Waals surface area contributed by atoms with E-state index in [1.807, 2.05) is 6.07 Å². The summed E-state index contributed by atoms with van der Waals surface area (Å²) in [4.78, 5) is 15.1. The molecule has 4 atom stereocenters. The Balaban J connectivity index is 1.24. The van der Waals surface area contributed by atoms with Gasteiger partial charge < -0.3 is 10.2 Å². The second-order valence-corrected chi connectivity index (χ2v) is 9.24. The lowest BCUT2D eigenvalue weighted by molar-refractivity contribution is -0.0223. The Morgan fingerprint density at radius 1 is 1.28 bits per heavy atom. The molecule has 0 bridgehead atoms. The molecule has 2 saturated carbocycles. The number of urea groups is 1. The molecule has 3 nitrogen and oxygen atoms in total. The lowest BCUT2D eigenvalue weighted by Gasteiger charge is -2.55. The van der Waals surface area contributed by atoms with Crippen molar-refractivity contribution in [3.05, 3.63) is 34.3 Å². The van der Waals surface area contributed by atoms with Crippen LogP contribution < -0.4 is 5.32 Å². The van der Waals surface area contributed by atoms with Crippen molar-refractivity contribution in [2.45, 2.75) is 69.4 Å². The van der Waals surface area contributed by atoms with Crippen molar-refractivity contribution >= 4 is 17.6 Å². The highest BCUT2D eigenvalue weighted by molar-refractivity contribution is 6.30. The maximum absolute atomic E-state index is 12.9. The minimum absolute atomic E-state index is 0.0972. The second kappa shape index (κ2) is 5.64. The van der Waals surface area contributed by atoms with Crippen molar-refractivity contribution in [2.75, 3.05) is 6.54 Å². The van der Waals surface area contributed by atoms with Crippen molar-refractivity contribution in [1.29, 1.82) is 0 Å². The van der Waals surface area contributed by atoms with Crippen LogP contribution in [-0.2, 0) is 6.42 Å². The molecule has 0 radical (unpaired) electrons. The summed E-state index contributed by atoms with van der Waals surface area (Å²) >= 11 is 6.10. The third-order valence-corrected chi connectivity index (χ3v) is 7.80. The first kappa shape index (κ1) is 16.0. The molecule has 1 saturated heterocycles. The van der Waals surface area contributed by atoms with Gasteiger partial charge in [0.25, 0.3) is 0 Å². The quantitative estimate of drug-likeness (QED) is 0.814. The fourth-order valence-corrected chi connectivity index (χ4v) is 6.05. The average Bonchev–Trinajstić information content (AvgIpc) is 3.10. The first-order chi connectivity index (χ1) is 12.1. The Kier molecular flexibility index (Phi) is 3.61. The van der Waals surface area contributed by atoms with Crippen LogP contribution in [0, 0.1) is 11.8 Å².